The minimum atomic E-state index is -0.277. The Morgan fingerprint density at radius 3 is 3.14 bits per heavy atom. The van der Waals surface area contributed by atoms with E-state index in [9.17, 15) is 4.79 Å². The van der Waals surface area contributed by atoms with Crippen LogP contribution < -0.4 is 5.32 Å². The zero-order chi connectivity index (χ0) is 15.3. The van der Waals surface area contributed by atoms with E-state index in [1.165, 1.54) is 0 Å². The average Bonchev–Trinajstić information content (AvgIpc) is 2.84. The predicted octanol–water partition coefficient (Wildman–Crippen LogP) is 0.329. The molecule has 4 heterocycles. The Balaban J connectivity index is 1.80. The van der Waals surface area contributed by atoms with E-state index in [1.54, 1.807) is 6.20 Å². The SMILES string of the molecule is CC1CN(C2NC(=O)Cn3c2nc2cnc(Cl)nc23)CCO1. The molecule has 0 aliphatic carbocycles. The van der Waals surface area contributed by atoms with E-state index in [0.717, 1.165) is 18.9 Å². The maximum absolute atomic E-state index is 12.1. The standard InChI is InChI=1S/C13H15ClN6O2/c1-7-5-19(2-3-22-7)11-12-16-8-4-15-13(14)18-10(8)20(12)6-9(21)17-11/h4,7,11H,2-3,5-6H2,1H3,(H,17,21). The van der Waals surface area contributed by atoms with Gasteiger partial charge < -0.3 is 14.6 Å². The number of hydrogen-bond donors (Lipinski definition) is 1. The van der Waals surface area contributed by atoms with Crippen molar-refractivity contribution in [3.8, 4) is 0 Å². The lowest BCUT2D eigenvalue weighted by Gasteiger charge is -2.38. The number of aromatic nitrogens is 4. The topological polar surface area (TPSA) is 85.2 Å². The van der Waals surface area contributed by atoms with Crippen molar-refractivity contribution >= 4 is 28.7 Å². The van der Waals surface area contributed by atoms with Crippen molar-refractivity contribution in [2.45, 2.75) is 25.7 Å². The molecule has 2 aliphatic rings. The molecule has 0 radical (unpaired) electrons. The molecule has 1 fully saturated rings. The molecule has 22 heavy (non-hydrogen) atoms. The summed E-state index contributed by atoms with van der Waals surface area (Å²) in [7, 11) is 0. The first-order valence-electron chi connectivity index (χ1n) is 7.15. The Morgan fingerprint density at radius 2 is 2.32 bits per heavy atom. The van der Waals surface area contributed by atoms with Crippen molar-refractivity contribution in [3.63, 3.8) is 0 Å². The molecule has 1 N–H and O–H groups in total. The molecule has 4 rings (SSSR count). The predicted molar refractivity (Wildman–Crippen MR) is 78.2 cm³/mol. The van der Waals surface area contributed by atoms with Crippen LogP contribution in [0.1, 0.15) is 18.9 Å². The van der Waals surface area contributed by atoms with Gasteiger partial charge in [0, 0.05) is 13.1 Å². The lowest BCUT2D eigenvalue weighted by Crippen LogP contribution is -2.52. The van der Waals surface area contributed by atoms with Crippen LogP contribution in [0, 0.1) is 0 Å². The van der Waals surface area contributed by atoms with Crippen molar-refractivity contribution in [1.82, 2.24) is 29.7 Å². The largest absolute Gasteiger partial charge is 0.376 e. The molecule has 0 spiro atoms. The van der Waals surface area contributed by atoms with E-state index in [2.05, 4.69) is 25.2 Å². The number of rotatable bonds is 1. The second kappa shape index (κ2) is 5.15. The number of morpholine rings is 1. The first kappa shape index (κ1) is 13.9. The van der Waals surface area contributed by atoms with E-state index in [1.807, 2.05) is 11.5 Å². The van der Waals surface area contributed by atoms with E-state index < -0.39 is 0 Å². The number of halogens is 1. The maximum atomic E-state index is 12.1. The summed E-state index contributed by atoms with van der Waals surface area (Å²) in [5, 5.41) is 3.16. The van der Waals surface area contributed by atoms with Crippen molar-refractivity contribution in [2.75, 3.05) is 19.7 Å². The Morgan fingerprint density at radius 1 is 1.45 bits per heavy atom. The molecule has 2 aromatic heterocycles. The van der Waals surface area contributed by atoms with Gasteiger partial charge in [0.2, 0.25) is 11.2 Å². The van der Waals surface area contributed by atoms with Crippen molar-refractivity contribution in [1.29, 1.82) is 0 Å². The quantitative estimate of drug-likeness (QED) is 0.762. The highest BCUT2D eigenvalue weighted by Crippen LogP contribution is 2.27. The zero-order valence-corrected chi connectivity index (χ0v) is 12.7. The number of ether oxygens (including phenoxy) is 1. The second-order valence-corrected chi connectivity index (χ2v) is 5.89. The van der Waals surface area contributed by atoms with Gasteiger partial charge in [-0.05, 0) is 18.5 Å². The molecule has 1 saturated heterocycles. The van der Waals surface area contributed by atoms with Gasteiger partial charge in [-0.2, -0.15) is 4.98 Å². The zero-order valence-electron chi connectivity index (χ0n) is 12.0. The number of amides is 1. The minimum absolute atomic E-state index is 0.0642. The van der Waals surface area contributed by atoms with Crippen LogP contribution in [0.2, 0.25) is 5.28 Å². The highest BCUT2D eigenvalue weighted by atomic mass is 35.5. The van der Waals surface area contributed by atoms with Crippen LogP contribution in [-0.4, -0.2) is 56.1 Å². The number of nitrogens with zero attached hydrogens (tertiary/aromatic N) is 5. The van der Waals surface area contributed by atoms with Crippen molar-refractivity contribution < 1.29 is 9.53 Å². The van der Waals surface area contributed by atoms with Crippen LogP contribution in [-0.2, 0) is 16.1 Å². The lowest BCUT2D eigenvalue weighted by molar-refractivity contribution is -0.127. The smallest absolute Gasteiger partial charge is 0.241 e. The summed E-state index contributed by atoms with van der Waals surface area (Å²) in [6.45, 7) is 4.32. The van der Waals surface area contributed by atoms with Crippen LogP contribution >= 0.6 is 11.6 Å². The van der Waals surface area contributed by atoms with Gasteiger partial charge in [-0.1, -0.05) is 0 Å². The minimum Gasteiger partial charge on any atom is -0.376 e. The van der Waals surface area contributed by atoms with Crippen LogP contribution in [0.25, 0.3) is 11.2 Å². The third kappa shape index (κ3) is 2.23. The number of carbonyl (C=O) groups excluding carboxylic acids is 1. The summed E-state index contributed by atoms with van der Waals surface area (Å²) in [6, 6.07) is 0. The van der Waals surface area contributed by atoms with Gasteiger partial charge in [-0.3, -0.25) is 9.69 Å². The molecule has 2 unspecified atom stereocenters. The Hall–Kier alpha value is -1.77. The number of hydrogen-bond acceptors (Lipinski definition) is 6. The fourth-order valence-corrected chi connectivity index (χ4v) is 3.15. The number of nitrogens with one attached hydrogen (secondary N) is 1. The summed E-state index contributed by atoms with van der Waals surface area (Å²) in [5.41, 5.74) is 1.23. The van der Waals surface area contributed by atoms with Gasteiger partial charge in [0.15, 0.2) is 5.65 Å². The van der Waals surface area contributed by atoms with Crippen molar-refractivity contribution in [2.24, 2.45) is 0 Å². The highest BCUT2D eigenvalue weighted by molar-refractivity contribution is 6.28. The third-order valence-electron chi connectivity index (χ3n) is 3.97. The van der Waals surface area contributed by atoms with Gasteiger partial charge in [0.05, 0.1) is 18.9 Å². The molecule has 0 saturated carbocycles. The van der Waals surface area contributed by atoms with Crippen LogP contribution in [0.3, 0.4) is 0 Å². The third-order valence-corrected chi connectivity index (χ3v) is 4.15. The van der Waals surface area contributed by atoms with Crippen LogP contribution in [0.5, 0.6) is 0 Å². The van der Waals surface area contributed by atoms with E-state index in [-0.39, 0.29) is 30.0 Å². The average molecular weight is 323 g/mol. The molecule has 2 atom stereocenters. The lowest BCUT2D eigenvalue weighted by atomic mass is 10.2. The summed E-state index contributed by atoms with van der Waals surface area (Å²) in [6.07, 6.45) is 1.43. The molecule has 116 valence electrons. The maximum Gasteiger partial charge on any atom is 0.241 e. The van der Waals surface area contributed by atoms with Gasteiger partial charge >= 0.3 is 0 Å². The van der Waals surface area contributed by atoms with E-state index in [4.69, 9.17) is 16.3 Å². The van der Waals surface area contributed by atoms with E-state index >= 15 is 0 Å². The monoisotopic (exact) mass is 322 g/mol. The molecule has 2 aliphatic heterocycles. The summed E-state index contributed by atoms with van der Waals surface area (Å²) in [4.78, 5) is 27.0. The summed E-state index contributed by atoms with van der Waals surface area (Å²) >= 11 is 5.87. The van der Waals surface area contributed by atoms with Crippen LogP contribution in [0.4, 0.5) is 0 Å². The molecule has 9 heteroatoms. The Bertz CT molecular complexity index is 747. The Kier molecular flexibility index (Phi) is 3.24. The molecule has 0 bridgehead atoms. The molecule has 2 aromatic rings. The van der Waals surface area contributed by atoms with E-state index in [0.29, 0.717) is 17.8 Å². The first-order valence-corrected chi connectivity index (χ1v) is 7.53. The number of imidazole rings is 1. The highest BCUT2D eigenvalue weighted by Gasteiger charge is 2.34. The van der Waals surface area contributed by atoms with Gasteiger partial charge in [0.25, 0.3) is 0 Å². The Labute approximate surface area is 131 Å². The fraction of sp³-hybridized carbons (Fsp3) is 0.538. The molecule has 1 amide bonds. The van der Waals surface area contributed by atoms with Crippen LogP contribution in [0.15, 0.2) is 6.20 Å². The first-order chi connectivity index (χ1) is 10.6. The summed E-state index contributed by atoms with van der Waals surface area (Å²) in [5.74, 6) is 0.700. The molecule has 8 nitrogen and oxygen atoms in total. The fourth-order valence-electron chi connectivity index (χ4n) is 3.02. The van der Waals surface area contributed by atoms with Gasteiger partial charge in [-0.25, -0.2) is 9.97 Å². The van der Waals surface area contributed by atoms with Crippen molar-refractivity contribution in [3.05, 3.63) is 17.3 Å². The number of fused-ring (bicyclic) bond motifs is 3. The van der Waals surface area contributed by atoms with Gasteiger partial charge in [-0.15, -0.1) is 0 Å². The number of carbonyl (C=O) groups is 1. The summed E-state index contributed by atoms with van der Waals surface area (Å²) < 4.78 is 7.38. The molecular weight excluding hydrogens is 308 g/mol. The normalized spacial score (nSPS) is 26.0. The second-order valence-electron chi connectivity index (χ2n) is 5.55. The molecular formula is C13H15ClN6O2. The molecule has 0 aromatic carbocycles. The van der Waals surface area contributed by atoms with Gasteiger partial charge in [0.1, 0.15) is 24.1 Å².